The van der Waals surface area contributed by atoms with E-state index in [1.807, 2.05) is 17.5 Å². The Morgan fingerprint density at radius 1 is 1.09 bits per heavy atom. The van der Waals surface area contributed by atoms with Crippen LogP contribution in [0.2, 0.25) is 0 Å². The highest BCUT2D eigenvalue weighted by atomic mass is 32.2. The van der Waals surface area contributed by atoms with Gasteiger partial charge in [-0.3, -0.25) is 9.69 Å². The second-order valence-electron chi connectivity index (χ2n) is 10.4. The van der Waals surface area contributed by atoms with Crippen molar-refractivity contribution >= 4 is 27.3 Å². The normalized spacial score (nSPS) is 19.1. The average Bonchev–Trinajstić information content (AvgIpc) is 3.36. The number of piperidine rings is 2. The molecule has 0 bridgehead atoms. The Bertz CT molecular complexity index is 1070. The van der Waals surface area contributed by atoms with Gasteiger partial charge in [0.25, 0.3) is 5.19 Å². The van der Waals surface area contributed by atoms with Crippen molar-refractivity contribution in [2.75, 3.05) is 32.7 Å². The summed E-state index contributed by atoms with van der Waals surface area (Å²) in [6, 6.07) is 7.32. The molecule has 0 spiro atoms. The molecule has 35 heavy (non-hydrogen) atoms. The van der Waals surface area contributed by atoms with Crippen LogP contribution in [0.5, 0.6) is 5.19 Å². The maximum Gasteiger partial charge on any atom is 0.273 e. The van der Waals surface area contributed by atoms with Gasteiger partial charge in [0.15, 0.2) is 0 Å². The van der Waals surface area contributed by atoms with E-state index in [1.54, 1.807) is 23.2 Å². The first-order valence-electron chi connectivity index (χ1n) is 12.3. The summed E-state index contributed by atoms with van der Waals surface area (Å²) in [5.41, 5.74) is 1.01. The fourth-order valence-electron chi connectivity index (χ4n) is 4.74. The summed E-state index contributed by atoms with van der Waals surface area (Å²) in [4.78, 5) is 21.4. The minimum absolute atomic E-state index is 0.0525. The minimum atomic E-state index is -3.73. The molecule has 2 aliphatic heterocycles. The predicted octanol–water partition coefficient (Wildman–Crippen LogP) is 3.25. The number of hydrogen-bond donors (Lipinski definition) is 1. The van der Waals surface area contributed by atoms with E-state index in [0.29, 0.717) is 19.1 Å². The Morgan fingerprint density at radius 2 is 1.74 bits per heavy atom. The number of sulfonamides is 1. The van der Waals surface area contributed by atoms with Gasteiger partial charge in [-0.1, -0.05) is 44.2 Å². The highest BCUT2D eigenvalue weighted by molar-refractivity contribution is 7.89. The number of ether oxygens (including phenoxy) is 1. The van der Waals surface area contributed by atoms with Crippen LogP contribution in [0, 0.1) is 0 Å². The van der Waals surface area contributed by atoms with Gasteiger partial charge in [-0.05, 0) is 48.8 Å². The summed E-state index contributed by atoms with van der Waals surface area (Å²) in [5.74, 6) is -0.172. The van der Waals surface area contributed by atoms with Crippen molar-refractivity contribution in [2.45, 2.75) is 68.9 Å². The average molecular weight is 521 g/mol. The van der Waals surface area contributed by atoms with Gasteiger partial charge in [-0.25, -0.2) is 18.1 Å². The number of aromatic nitrogens is 1. The standard InChI is InChI=1S/C25H36N4O4S2/c1-25(2,3)19-4-6-22(7-5-19)35(31,32)27-18-23(30)29-13-8-20(9-14-29)28-15-10-21(11-16-28)33-24-26-12-17-34-24/h4-7,12,17,20-21,27H,8-11,13-16,18H2,1-3H3. The van der Waals surface area contributed by atoms with Gasteiger partial charge >= 0.3 is 0 Å². The number of rotatable bonds is 7. The molecule has 0 radical (unpaired) electrons. The highest BCUT2D eigenvalue weighted by Crippen LogP contribution is 2.25. The van der Waals surface area contributed by atoms with E-state index in [2.05, 4.69) is 35.4 Å². The molecule has 2 aliphatic rings. The Hall–Kier alpha value is -2.01. The number of amides is 1. The zero-order valence-electron chi connectivity index (χ0n) is 20.8. The third-order valence-corrected chi connectivity index (χ3v) is 9.01. The minimum Gasteiger partial charge on any atom is -0.467 e. The van der Waals surface area contributed by atoms with Crippen LogP contribution in [0.25, 0.3) is 0 Å². The SMILES string of the molecule is CC(C)(C)c1ccc(S(=O)(=O)NCC(=O)N2CCC(N3CCC(Oc4nccs4)CC3)CC2)cc1. The Kier molecular flexibility index (Phi) is 8.15. The molecule has 4 rings (SSSR count). The first-order chi connectivity index (χ1) is 16.6. The smallest absolute Gasteiger partial charge is 0.273 e. The van der Waals surface area contributed by atoms with Crippen LogP contribution in [0.15, 0.2) is 40.7 Å². The second kappa shape index (κ2) is 10.9. The van der Waals surface area contributed by atoms with Crippen molar-refractivity contribution in [1.82, 2.24) is 19.5 Å². The molecule has 0 aliphatic carbocycles. The van der Waals surface area contributed by atoms with E-state index in [4.69, 9.17) is 4.74 Å². The van der Waals surface area contributed by atoms with E-state index in [1.165, 1.54) is 11.3 Å². The Balaban J connectivity index is 1.20. The maximum absolute atomic E-state index is 12.7. The van der Waals surface area contributed by atoms with Crippen molar-refractivity contribution in [1.29, 1.82) is 0 Å². The van der Waals surface area contributed by atoms with E-state index >= 15 is 0 Å². The largest absolute Gasteiger partial charge is 0.467 e. The monoisotopic (exact) mass is 520 g/mol. The molecule has 2 saturated heterocycles. The third kappa shape index (κ3) is 6.81. The molecule has 192 valence electrons. The number of thiazole rings is 1. The molecular weight excluding hydrogens is 484 g/mol. The fraction of sp³-hybridized carbons (Fsp3) is 0.600. The highest BCUT2D eigenvalue weighted by Gasteiger charge is 2.30. The van der Waals surface area contributed by atoms with E-state index in [-0.39, 0.29) is 28.9 Å². The van der Waals surface area contributed by atoms with Gasteiger partial charge in [0.2, 0.25) is 15.9 Å². The zero-order chi connectivity index (χ0) is 25.1. The molecule has 0 unspecified atom stereocenters. The number of nitrogens with one attached hydrogen (secondary N) is 1. The summed E-state index contributed by atoms with van der Waals surface area (Å²) in [7, 11) is -3.73. The molecule has 2 fully saturated rings. The molecule has 8 nitrogen and oxygen atoms in total. The molecule has 0 saturated carbocycles. The van der Waals surface area contributed by atoms with Crippen molar-refractivity contribution in [2.24, 2.45) is 0 Å². The Morgan fingerprint density at radius 3 is 2.31 bits per heavy atom. The molecule has 1 aromatic heterocycles. The molecular formula is C25H36N4O4S2. The Labute approximate surface area is 212 Å². The fourth-order valence-corrected chi connectivity index (χ4v) is 6.26. The summed E-state index contributed by atoms with van der Waals surface area (Å²) in [6.45, 7) is 9.31. The topological polar surface area (TPSA) is 91.8 Å². The maximum atomic E-state index is 12.7. The van der Waals surface area contributed by atoms with Gasteiger partial charge in [-0.15, -0.1) is 0 Å². The van der Waals surface area contributed by atoms with E-state index < -0.39 is 10.0 Å². The van der Waals surface area contributed by atoms with Crippen LogP contribution in [-0.2, 0) is 20.2 Å². The van der Waals surface area contributed by atoms with Crippen molar-refractivity contribution < 1.29 is 17.9 Å². The number of carbonyl (C=O) groups is 1. The molecule has 3 heterocycles. The van der Waals surface area contributed by atoms with Crippen molar-refractivity contribution in [3.63, 3.8) is 0 Å². The molecule has 0 atom stereocenters. The van der Waals surface area contributed by atoms with E-state index in [9.17, 15) is 13.2 Å². The van der Waals surface area contributed by atoms with Gasteiger partial charge in [-0.2, -0.15) is 0 Å². The van der Waals surface area contributed by atoms with Crippen LogP contribution >= 0.6 is 11.3 Å². The van der Waals surface area contributed by atoms with Gasteiger partial charge in [0, 0.05) is 43.8 Å². The second-order valence-corrected chi connectivity index (χ2v) is 13.0. The molecule has 1 aromatic carbocycles. The molecule has 1 amide bonds. The molecule has 10 heteroatoms. The lowest BCUT2D eigenvalue weighted by Gasteiger charge is -2.41. The molecule has 1 N–H and O–H groups in total. The number of hydrogen-bond acceptors (Lipinski definition) is 7. The lowest BCUT2D eigenvalue weighted by molar-refractivity contribution is -0.131. The zero-order valence-corrected chi connectivity index (χ0v) is 22.4. The lowest BCUT2D eigenvalue weighted by Crippen LogP contribution is -2.51. The van der Waals surface area contributed by atoms with Crippen LogP contribution in [0.4, 0.5) is 0 Å². The molecule has 2 aromatic rings. The van der Waals surface area contributed by atoms with Crippen LogP contribution < -0.4 is 9.46 Å². The van der Waals surface area contributed by atoms with Crippen LogP contribution in [0.3, 0.4) is 0 Å². The third-order valence-electron chi connectivity index (χ3n) is 6.93. The first-order valence-corrected chi connectivity index (χ1v) is 14.7. The van der Waals surface area contributed by atoms with Crippen molar-refractivity contribution in [3.05, 3.63) is 41.4 Å². The van der Waals surface area contributed by atoms with E-state index in [0.717, 1.165) is 49.5 Å². The number of nitrogens with zero attached hydrogens (tertiary/aromatic N) is 3. The summed E-state index contributed by atoms with van der Waals surface area (Å²) >= 11 is 1.53. The number of benzene rings is 1. The van der Waals surface area contributed by atoms with Gasteiger partial charge in [0.1, 0.15) is 6.10 Å². The lowest BCUT2D eigenvalue weighted by atomic mass is 9.87. The van der Waals surface area contributed by atoms with Gasteiger partial charge in [0.05, 0.1) is 11.4 Å². The van der Waals surface area contributed by atoms with Crippen molar-refractivity contribution in [3.8, 4) is 5.19 Å². The summed E-state index contributed by atoms with van der Waals surface area (Å²) in [5, 5.41) is 2.67. The summed E-state index contributed by atoms with van der Waals surface area (Å²) < 4.78 is 33.8. The summed E-state index contributed by atoms with van der Waals surface area (Å²) in [6.07, 6.45) is 5.76. The van der Waals surface area contributed by atoms with Gasteiger partial charge < -0.3 is 9.64 Å². The van der Waals surface area contributed by atoms with Crippen LogP contribution in [0.1, 0.15) is 52.0 Å². The quantitative estimate of drug-likeness (QED) is 0.603. The first kappa shape index (κ1) is 26.1. The number of likely N-dealkylation sites (tertiary alicyclic amines) is 2. The van der Waals surface area contributed by atoms with Crippen LogP contribution in [-0.4, -0.2) is 74.0 Å². The predicted molar refractivity (Wildman–Crippen MR) is 137 cm³/mol. The number of carbonyl (C=O) groups excluding carboxylic acids is 1.